The van der Waals surface area contributed by atoms with Gasteiger partial charge in [0.2, 0.25) is 0 Å². The zero-order valence-electron chi connectivity index (χ0n) is 13.4. The molecule has 0 amide bonds. The molecule has 1 unspecified atom stereocenters. The number of nitrogens with one attached hydrogen (secondary N) is 1. The second kappa shape index (κ2) is 7.25. The molecule has 0 saturated carbocycles. The molecule has 1 saturated heterocycles. The van der Waals surface area contributed by atoms with Gasteiger partial charge < -0.3 is 14.6 Å². The first-order valence-corrected chi connectivity index (χ1v) is 7.71. The molecule has 1 aromatic rings. The van der Waals surface area contributed by atoms with Gasteiger partial charge in [-0.3, -0.25) is 4.90 Å². The van der Waals surface area contributed by atoms with Crippen LogP contribution in [0.5, 0.6) is 0 Å². The van der Waals surface area contributed by atoms with Crippen molar-refractivity contribution in [3.63, 3.8) is 0 Å². The van der Waals surface area contributed by atoms with Crippen molar-refractivity contribution in [2.24, 2.45) is 5.92 Å². The molecule has 0 radical (unpaired) electrons. The summed E-state index contributed by atoms with van der Waals surface area (Å²) in [4.78, 5) is 4.80. The highest BCUT2D eigenvalue weighted by Gasteiger charge is 2.21. The van der Waals surface area contributed by atoms with Gasteiger partial charge in [-0.2, -0.15) is 0 Å². The van der Waals surface area contributed by atoms with Gasteiger partial charge in [0.15, 0.2) is 0 Å². The summed E-state index contributed by atoms with van der Waals surface area (Å²) in [5, 5.41) is 3.38. The average Bonchev–Trinajstić information content (AvgIpc) is 2.96. The van der Waals surface area contributed by atoms with E-state index < -0.39 is 0 Å². The molecule has 0 spiro atoms. The fourth-order valence-electron chi connectivity index (χ4n) is 2.85. The molecule has 0 aliphatic carbocycles. The van der Waals surface area contributed by atoms with E-state index in [0.717, 1.165) is 37.1 Å². The van der Waals surface area contributed by atoms with Gasteiger partial charge in [-0.15, -0.1) is 0 Å². The fourth-order valence-corrected chi connectivity index (χ4v) is 2.85. The van der Waals surface area contributed by atoms with E-state index in [2.05, 4.69) is 55.2 Å². The van der Waals surface area contributed by atoms with Crippen LogP contribution >= 0.6 is 0 Å². The summed E-state index contributed by atoms with van der Waals surface area (Å²) < 4.78 is 5.88. The van der Waals surface area contributed by atoms with Crippen molar-refractivity contribution in [2.75, 3.05) is 33.7 Å². The average molecular weight is 279 g/mol. The van der Waals surface area contributed by atoms with Crippen molar-refractivity contribution in [2.45, 2.75) is 39.4 Å². The van der Waals surface area contributed by atoms with E-state index in [1.54, 1.807) is 0 Å². The molecule has 1 aliphatic heterocycles. The molecule has 2 rings (SSSR count). The van der Waals surface area contributed by atoms with E-state index in [4.69, 9.17) is 4.42 Å². The third kappa shape index (κ3) is 4.93. The quantitative estimate of drug-likeness (QED) is 0.829. The fraction of sp³-hybridized carbons (Fsp3) is 0.750. The minimum absolute atomic E-state index is 0.491. The van der Waals surface area contributed by atoms with Crippen LogP contribution in [-0.4, -0.2) is 49.6 Å². The summed E-state index contributed by atoms with van der Waals surface area (Å²) in [7, 11) is 4.40. The lowest BCUT2D eigenvalue weighted by Crippen LogP contribution is -2.27. The molecule has 1 atom stereocenters. The summed E-state index contributed by atoms with van der Waals surface area (Å²) in [5.74, 6) is 2.91. The summed E-state index contributed by atoms with van der Waals surface area (Å²) in [6.07, 6.45) is 1.32. The zero-order valence-corrected chi connectivity index (χ0v) is 13.4. The van der Waals surface area contributed by atoms with Crippen molar-refractivity contribution in [1.82, 2.24) is 15.1 Å². The van der Waals surface area contributed by atoms with Crippen LogP contribution in [0.25, 0.3) is 0 Å². The SMILES string of the molecule is CC(C)NCc1ccc(CN(C)CC2CCN(C)C2)o1. The Labute approximate surface area is 123 Å². The summed E-state index contributed by atoms with van der Waals surface area (Å²) in [6, 6.07) is 4.68. The van der Waals surface area contributed by atoms with Gasteiger partial charge in [-0.05, 0) is 45.1 Å². The molecule has 114 valence electrons. The first-order chi connectivity index (χ1) is 9.52. The van der Waals surface area contributed by atoms with Crippen LogP contribution in [0.4, 0.5) is 0 Å². The molecule has 4 heteroatoms. The van der Waals surface area contributed by atoms with Crippen LogP contribution < -0.4 is 5.32 Å². The van der Waals surface area contributed by atoms with Crippen molar-refractivity contribution in [3.05, 3.63) is 23.7 Å². The molecule has 0 bridgehead atoms. The Morgan fingerprint density at radius 2 is 2.15 bits per heavy atom. The number of hydrogen-bond acceptors (Lipinski definition) is 4. The van der Waals surface area contributed by atoms with Crippen molar-refractivity contribution in [3.8, 4) is 0 Å². The van der Waals surface area contributed by atoms with Crippen LogP contribution in [0.15, 0.2) is 16.5 Å². The summed E-state index contributed by atoms with van der Waals surface area (Å²) in [5.41, 5.74) is 0. The van der Waals surface area contributed by atoms with Crippen LogP contribution in [0.1, 0.15) is 31.8 Å². The number of nitrogens with zero attached hydrogens (tertiary/aromatic N) is 2. The van der Waals surface area contributed by atoms with Gasteiger partial charge in [0, 0.05) is 19.1 Å². The van der Waals surface area contributed by atoms with Crippen LogP contribution in [0.2, 0.25) is 0 Å². The third-order valence-corrected chi connectivity index (χ3v) is 3.89. The Balaban J connectivity index is 1.75. The van der Waals surface area contributed by atoms with Crippen molar-refractivity contribution < 1.29 is 4.42 Å². The Hall–Kier alpha value is -0.840. The maximum Gasteiger partial charge on any atom is 0.118 e. The summed E-state index contributed by atoms with van der Waals surface area (Å²) in [6.45, 7) is 9.64. The molecule has 1 N–H and O–H groups in total. The number of rotatable bonds is 7. The van der Waals surface area contributed by atoms with E-state index in [9.17, 15) is 0 Å². The monoisotopic (exact) mass is 279 g/mol. The minimum Gasteiger partial charge on any atom is -0.463 e. The number of furan rings is 1. The Kier molecular flexibility index (Phi) is 5.64. The topological polar surface area (TPSA) is 31.6 Å². The zero-order chi connectivity index (χ0) is 14.5. The van der Waals surface area contributed by atoms with E-state index in [-0.39, 0.29) is 0 Å². The second-order valence-corrected chi connectivity index (χ2v) is 6.52. The van der Waals surface area contributed by atoms with Crippen molar-refractivity contribution >= 4 is 0 Å². The maximum absolute atomic E-state index is 5.88. The van der Waals surface area contributed by atoms with Crippen LogP contribution in [-0.2, 0) is 13.1 Å². The van der Waals surface area contributed by atoms with E-state index in [1.165, 1.54) is 19.5 Å². The molecule has 20 heavy (non-hydrogen) atoms. The highest BCUT2D eigenvalue weighted by molar-refractivity contribution is 5.07. The lowest BCUT2D eigenvalue weighted by molar-refractivity contribution is 0.246. The molecule has 1 aromatic heterocycles. The highest BCUT2D eigenvalue weighted by Crippen LogP contribution is 2.17. The predicted octanol–water partition coefficient (Wildman–Crippen LogP) is 2.16. The normalized spacial score (nSPS) is 20.4. The number of likely N-dealkylation sites (tertiary alicyclic amines) is 1. The lowest BCUT2D eigenvalue weighted by Gasteiger charge is -2.19. The molecule has 1 aliphatic rings. The summed E-state index contributed by atoms with van der Waals surface area (Å²) >= 11 is 0. The highest BCUT2D eigenvalue weighted by atomic mass is 16.3. The Morgan fingerprint density at radius 1 is 1.40 bits per heavy atom. The molecule has 1 fully saturated rings. The van der Waals surface area contributed by atoms with Gasteiger partial charge in [0.1, 0.15) is 11.5 Å². The smallest absolute Gasteiger partial charge is 0.118 e. The molecular formula is C16H29N3O. The van der Waals surface area contributed by atoms with Gasteiger partial charge in [0.05, 0.1) is 13.1 Å². The van der Waals surface area contributed by atoms with Gasteiger partial charge in [-0.25, -0.2) is 0 Å². The number of hydrogen-bond donors (Lipinski definition) is 1. The van der Waals surface area contributed by atoms with Crippen molar-refractivity contribution in [1.29, 1.82) is 0 Å². The van der Waals surface area contributed by atoms with Crippen LogP contribution in [0, 0.1) is 5.92 Å². The molecule has 4 nitrogen and oxygen atoms in total. The first-order valence-electron chi connectivity index (χ1n) is 7.71. The van der Waals surface area contributed by atoms with E-state index in [0.29, 0.717) is 6.04 Å². The Bertz CT molecular complexity index is 402. The lowest BCUT2D eigenvalue weighted by atomic mass is 10.1. The second-order valence-electron chi connectivity index (χ2n) is 6.52. The third-order valence-electron chi connectivity index (χ3n) is 3.89. The standard InChI is InChI=1S/C16H29N3O/c1-13(2)17-9-15-5-6-16(20-15)12-19(4)11-14-7-8-18(3)10-14/h5-6,13-14,17H,7-12H2,1-4H3. The van der Waals surface area contributed by atoms with Gasteiger partial charge in [0.25, 0.3) is 0 Å². The van der Waals surface area contributed by atoms with Gasteiger partial charge in [-0.1, -0.05) is 13.8 Å². The minimum atomic E-state index is 0.491. The van der Waals surface area contributed by atoms with Crippen LogP contribution in [0.3, 0.4) is 0 Å². The Morgan fingerprint density at radius 3 is 2.80 bits per heavy atom. The molecule has 0 aromatic carbocycles. The van der Waals surface area contributed by atoms with E-state index in [1.807, 2.05) is 0 Å². The first kappa shape index (κ1) is 15.5. The molecular weight excluding hydrogens is 250 g/mol. The maximum atomic E-state index is 5.88. The largest absolute Gasteiger partial charge is 0.463 e. The molecule has 2 heterocycles. The van der Waals surface area contributed by atoms with Gasteiger partial charge >= 0.3 is 0 Å². The van der Waals surface area contributed by atoms with E-state index >= 15 is 0 Å². The predicted molar refractivity (Wildman–Crippen MR) is 82.6 cm³/mol.